The first-order valence-corrected chi connectivity index (χ1v) is 8.34. The summed E-state index contributed by atoms with van der Waals surface area (Å²) < 4.78 is 43.6. The summed E-state index contributed by atoms with van der Waals surface area (Å²) in [4.78, 5) is 26.6. The zero-order valence-corrected chi connectivity index (χ0v) is 14.0. The number of benzene rings is 2. The SMILES string of the molecule is O=C1N[C@@]2(CCOc3ccccc32)C(=O)N1Cc1ccc(C(F)(F)F)cc1. The summed E-state index contributed by atoms with van der Waals surface area (Å²) in [5.41, 5.74) is -0.954. The fourth-order valence-corrected chi connectivity index (χ4v) is 3.50. The maximum Gasteiger partial charge on any atom is 0.416 e. The van der Waals surface area contributed by atoms with Crippen molar-refractivity contribution in [2.45, 2.75) is 24.7 Å². The average molecular weight is 376 g/mol. The maximum absolute atomic E-state index is 13.1. The lowest BCUT2D eigenvalue weighted by atomic mass is 9.84. The Hall–Kier alpha value is -3.03. The molecule has 2 aromatic carbocycles. The van der Waals surface area contributed by atoms with Crippen molar-refractivity contribution in [2.24, 2.45) is 0 Å². The van der Waals surface area contributed by atoms with Crippen LogP contribution in [0.15, 0.2) is 48.5 Å². The van der Waals surface area contributed by atoms with Crippen molar-refractivity contribution in [3.63, 3.8) is 0 Å². The van der Waals surface area contributed by atoms with Crippen molar-refractivity contribution in [2.75, 3.05) is 6.61 Å². The molecule has 1 N–H and O–H groups in total. The van der Waals surface area contributed by atoms with Crippen LogP contribution < -0.4 is 10.1 Å². The van der Waals surface area contributed by atoms with E-state index < -0.39 is 29.2 Å². The number of imide groups is 1. The van der Waals surface area contributed by atoms with E-state index in [-0.39, 0.29) is 19.6 Å². The van der Waals surface area contributed by atoms with Gasteiger partial charge in [0, 0.05) is 12.0 Å². The van der Waals surface area contributed by atoms with E-state index in [1.807, 2.05) is 0 Å². The van der Waals surface area contributed by atoms with Gasteiger partial charge in [0.1, 0.15) is 5.75 Å². The van der Waals surface area contributed by atoms with E-state index in [4.69, 9.17) is 4.74 Å². The summed E-state index contributed by atoms with van der Waals surface area (Å²) >= 11 is 0. The smallest absolute Gasteiger partial charge is 0.416 e. The first-order chi connectivity index (χ1) is 12.8. The lowest BCUT2D eigenvalue weighted by Crippen LogP contribution is -2.47. The number of nitrogens with one attached hydrogen (secondary N) is 1. The van der Waals surface area contributed by atoms with Crippen LogP contribution in [0.3, 0.4) is 0 Å². The van der Waals surface area contributed by atoms with E-state index in [2.05, 4.69) is 5.32 Å². The van der Waals surface area contributed by atoms with Gasteiger partial charge in [0.05, 0.1) is 18.7 Å². The Morgan fingerprint density at radius 1 is 1.07 bits per heavy atom. The average Bonchev–Trinajstić information content (AvgIpc) is 2.87. The number of amides is 3. The molecule has 2 aromatic rings. The summed E-state index contributed by atoms with van der Waals surface area (Å²) in [6.07, 6.45) is -4.15. The Balaban J connectivity index is 1.61. The van der Waals surface area contributed by atoms with E-state index in [1.54, 1.807) is 24.3 Å². The molecule has 0 unspecified atom stereocenters. The zero-order valence-electron chi connectivity index (χ0n) is 14.0. The Kier molecular flexibility index (Phi) is 3.87. The minimum atomic E-state index is -4.44. The highest BCUT2D eigenvalue weighted by atomic mass is 19.4. The molecule has 3 amide bonds. The van der Waals surface area contributed by atoms with Crippen LogP contribution in [-0.4, -0.2) is 23.4 Å². The van der Waals surface area contributed by atoms with Crippen molar-refractivity contribution in [1.29, 1.82) is 0 Å². The van der Waals surface area contributed by atoms with Crippen LogP contribution in [0.25, 0.3) is 0 Å². The first kappa shape index (κ1) is 17.4. The van der Waals surface area contributed by atoms with Crippen molar-refractivity contribution in [1.82, 2.24) is 10.2 Å². The molecule has 2 aliphatic heterocycles. The number of hydrogen-bond acceptors (Lipinski definition) is 3. The molecule has 27 heavy (non-hydrogen) atoms. The molecule has 0 radical (unpaired) electrons. The zero-order chi connectivity index (χ0) is 19.2. The third-order valence-corrected chi connectivity index (χ3v) is 4.88. The lowest BCUT2D eigenvalue weighted by Gasteiger charge is -2.33. The number of urea groups is 1. The predicted molar refractivity (Wildman–Crippen MR) is 88.8 cm³/mol. The summed E-state index contributed by atoms with van der Waals surface area (Å²) in [5.74, 6) is 0.108. The van der Waals surface area contributed by atoms with Gasteiger partial charge in [0.25, 0.3) is 5.91 Å². The van der Waals surface area contributed by atoms with Gasteiger partial charge in [0.15, 0.2) is 5.54 Å². The number of carbonyl (C=O) groups excluding carboxylic acids is 2. The monoisotopic (exact) mass is 376 g/mol. The van der Waals surface area contributed by atoms with Crippen LogP contribution in [0.4, 0.5) is 18.0 Å². The number of fused-ring (bicyclic) bond motifs is 2. The molecule has 2 aliphatic rings. The second-order valence-corrected chi connectivity index (χ2v) is 6.52. The molecule has 140 valence electrons. The van der Waals surface area contributed by atoms with Gasteiger partial charge in [0.2, 0.25) is 0 Å². The number of halogens is 3. The van der Waals surface area contributed by atoms with E-state index in [0.29, 0.717) is 16.9 Å². The van der Waals surface area contributed by atoms with Gasteiger partial charge in [-0.15, -0.1) is 0 Å². The normalized spacial score (nSPS) is 21.8. The van der Waals surface area contributed by atoms with Crippen molar-refractivity contribution in [3.05, 3.63) is 65.2 Å². The largest absolute Gasteiger partial charge is 0.493 e. The third-order valence-electron chi connectivity index (χ3n) is 4.88. The van der Waals surface area contributed by atoms with E-state index in [9.17, 15) is 22.8 Å². The molecule has 0 aromatic heterocycles. The van der Waals surface area contributed by atoms with Crippen molar-refractivity contribution >= 4 is 11.9 Å². The molecule has 5 nitrogen and oxygen atoms in total. The summed E-state index contributed by atoms with van der Waals surface area (Å²) in [6, 6.07) is 10.8. The Labute approximate surface area is 152 Å². The molecular weight excluding hydrogens is 361 g/mol. The van der Waals surface area contributed by atoms with Crippen molar-refractivity contribution < 1.29 is 27.5 Å². The minimum Gasteiger partial charge on any atom is -0.493 e. The highest BCUT2D eigenvalue weighted by molar-refractivity contribution is 6.07. The van der Waals surface area contributed by atoms with Crippen LogP contribution >= 0.6 is 0 Å². The van der Waals surface area contributed by atoms with Crippen LogP contribution in [-0.2, 0) is 23.1 Å². The molecule has 2 heterocycles. The van der Waals surface area contributed by atoms with Gasteiger partial charge in [-0.1, -0.05) is 30.3 Å². The molecule has 4 rings (SSSR count). The maximum atomic E-state index is 13.1. The molecule has 1 saturated heterocycles. The molecule has 0 saturated carbocycles. The van der Waals surface area contributed by atoms with Gasteiger partial charge in [-0.05, 0) is 23.8 Å². The molecule has 1 spiro atoms. The van der Waals surface area contributed by atoms with Gasteiger partial charge in [-0.3, -0.25) is 9.69 Å². The highest BCUT2D eigenvalue weighted by Gasteiger charge is 2.54. The fourth-order valence-electron chi connectivity index (χ4n) is 3.50. The van der Waals surface area contributed by atoms with Crippen LogP contribution in [0.1, 0.15) is 23.1 Å². The standard InChI is InChI=1S/C19H15F3N2O3/c20-19(21,22)13-7-5-12(6-8-13)11-24-16(25)18(23-17(24)26)9-10-27-15-4-2-1-3-14(15)18/h1-8H,9-11H2,(H,23,26)/t18-/m1/s1. The number of rotatable bonds is 2. The second kappa shape index (κ2) is 6.00. The van der Waals surface area contributed by atoms with E-state index >= 15 is 0 Å². The molecular formula is C19H15F3N2O3. The molecule has 1 fully saturated rings. The first-order valence-electron chi connectivity index (χ1n) is 8.34. The topological polar surface area (TPSA) is 58.6 Å². The van der Waals surface area contributed by atoms with Crippen LogP contribution in [0.2, 0.25) is 0 Å². The second-order valence-electron chi connectivity index (χ2n) is 6.52. The summed E-state index contributed by atoms with van der Waals surface area (Å²) in [6.45, 7) is 0.171. The molecule has 0 bridgehead atoms. The quantitative estimate of drug-likeness (QED) is 0.817. The van der Waals surface area contributed by atoms with Gasteiger partial charge in [-0.2, -0.15) is 13.2 Å². The summed E-state index contributed by atoms with van der Waals surface area (Å²) in [5, 5.41) is 2.76. The Morgan fingerprint density at radius 3 is 2.48 bits per heavy atom. The molecule has 0 aliphatic carbocycles. The highest BCUT2D eigenvalue weighted by Crippen LogP contribution is 2.41. The third kappa shape index (κ3) is 2.81. The number of alkyl halides is 3. The number of hydrogen-bond donors (Lipinski definition) is 1. The molecule has 8 heteroatoms. The minimum absolute atomic E-state index is 0.104. The van der Waals surface area contributed by atoms with E-state index in [1.165, 1.54) is 12.1 Å². The van der Waals surface area contributed by atoms with Gasteiger partial charge in [-0.25, -0.2) is 4.79 Å². The molecule has 1 atom stereocenters. The van der Waals surface area contributed by atoms with Crippen LogP contribution in [0, 0.1) is 0 Å². The lowest BCUT2D eigenvalue weighted by molar-refractivity contribution is -0.137. The summed E-state index contributed by atoms with van der Waals surface area (Å²) in [7, 11) is 0. The predicted octanol–water partition coefficient (Wildman–Crippen LogP) is 3.44. The Morgan fingerprint density at radius 2 is 1.78 bits per heavy atom. The van der Waals surface area contributed by atoms with Crippen LogP contribution in [0.5, 0.6) is 5.75 Å². The number of nitrogens with zero attached hydrogens (tertiary/aromatic N) is 1. The van der Waals surface area contributed by atoms with Gasteiger partial charge < -0.3 is 10.1 Å². The van der Waals surface area contributed by atoms with Crippen molar-refractivity contribution in [3.8, 4) is 5.75 Å². The fraction of sp³-hybridized carbons (Fsp3) is 0.263. The number of para-hydroxylation sites is 1. The van der Waals surface area contributed by atoms with E-state index in [0.717, 1.165) is 17.0 Å². The van der Waals surface area contributed by atoms with Gasteiger partial charge >= 0.3 is 12.2 Å². The number of carbonyl (C=O) groups is 2. The number of ether oxygens (including phenoxy) is 1. The Bertz CT molecular complexity index is 911.